The monoisotopic (exact) mass is 486 g/mol. The molecule has 5 aromatic rings. The maximum atomic E-state index is 13.6. The number of rotatable bonds is 4. The quantitative estimate of drug-likeness (QED) is 0.392. The number of halogens is 1. The molecule has 2 aromatic carbocycles. The maximum Gasteiger partial charge on any atom is 0.264 e. The molecule has 0 fully saturated rings. The van der Waals surface area contributed by atoms with E-state index in [1.807, 2.05) is 69.3 Å². The minimum Gasteiger partial charge on any atom is -0.381 e. The van der Waals surface area contributed by atoms with Crippen LogP contribution in [0, 0.1) is 13.8 Å². The third-order valence-electron chi connectivity index (χ3n) is 5.98. The van der Waals surface area contributed by atoms with Crippen molar-refractivity contribution in [2.75, 3.05) is 5.73 Å². The van der Waals surface area contributed by atoms with Crippen LogP contribution in [-0.2, 0) is 0 Å². The molecule has 3 heterocycles. The van der Waals surface area contributed by atoms with Gasteiger partial charge in [-0.25, -0.2) is 9.50 Å². The van der Waals surface area contributed by atoms with Gasteiger partial charge < -0.3 is 11.1 Å². The first kappa shape index (κ1) is 22.6. The molecule has 9 heteroatoms. The summed E-state index contributed by atoms with van der Waals surface area (Å²) in [4.78, 5) is 31.5. The minimum atomic E-state index is -0.556. The molecule has 0 aliphatic rings. The van der Waals surface area contributed by atoms with Crippen molar-refractivity contribution >= 4 is 39.7 Å². The molecule has 0 bridgehead atoms. The summed E-state index contributed by atoms with van der Waals surface area (Å²) in [6.07, 6.45) is 0. The molecule has 3 N–H and O–H groups in total. The van der Waals surface area contributed by atoms with Gasteiger partial charge in [-0.2, -0.15) is 0 Å². The van der Waals surface area contributed by atoms with Gasteiger partial charge in [-0.1, -0.05) is 41.9 Å². The lowest BCUT2D eigenvalue weighted by Gasteiger charge is -2.21. The second kappa shape index (κ2) is 8.56. The van der Waals surface area contributed by atoms with E-state index in [1.54, 1.807) is 21.2 Å². The van der Waals surface area contributed by atoms with Crippen molar-refractivity contribution in [2.24, 2.45) is 0 Å². The number of nitrogens with one attached hydrogen (secondary N) is 1. The van der Waals surface area contributed by atoms with E-state index in [9.17, 15) is 9.59 Å². The minimum absolute atomic E-state index is 0.0849. The first-order chi connectivity index (χ1) is 16.8. The standard InChI is InChI=1S/C26H23ClN6O2/c1-14-12-15(2)33-24(29-14)22(23(28)31-33)25(34)30-16(3)20-13-17-8-7-11-19(27)21(17)26(35)32(20)18-9-5-4-6-10-18/h4-13,16H,1-3H3,(H2,28,31)(H,30,34). The summed E-state index contributed by atoms with van der Waals surface area (Å²) in [7, 11) is 0. The van der Waals surface area contributed by atoms with Gasteiger partial charge in [-0.3, -0.25) is 14.2 Å². The van der Waals surface area contributed by atoms with E-state index >= 15 is 0 Å². The van der Waals surface area contributed by atoms with Crippen LogP contribution in [0.1, 0.15) is 40.4 Å². The molecule has 8 nitrogen and oxygen atoms in total. The smallest absolute Gasteiger partial charge is 0.264 e. The summed E-state index contributed by atoms with van der Waals surface area (Å²) in [5, 5.41) is 8.75. The molecule has 5 rings (SSSR count). The number of nitrogens with two attached hydrogens (primary N) is 1. The summed E-state index contributed by atoms with van der Waals surface area (Å²) in [5.41, 5.74) is 9.27. The molecule has 0 saturated heterocycles. The number of amides is 1. The molecule has 35 heavy (non-hydrogen) atoms. The highest BCUT2D eigenvalue weighted by Crippen LogP contribution is 2.26. The Morgan fingerprint density at radius 3 is 2.57 bits per heavy atom. The first-order valence-corrected chi connectivity index (χ1v) is 11.5. The Morgan fingerprint density at radius 1 is 1.09 bits per heavy atom. The number of aromatic nitrogens is 4. The van der Waals surface area contributed by atoms with Crippen LogP contribution in [0.25, 0.3) is 22.1 Å². The van der Waals surface area contributed by atoms with Gasteiger partial charge >= 0.3 is 0 Å². The number of aryl methyl sites for hydroxylation is 2. The van der Waals surface area contributed by atoms with Crippen molar-refractivity contribution < 1.29 is 4.79 Å². The number of anilines is 1. The van der Waals surface area contributed by atoms with Crippen molar-refractivity contribution in [3.8, 4) is 5.69 Å². The van der Waals surface area contributed by atoms with Gasteiger partial charge in [0, 0.05) is 22.8 Å². The summed E-state index contributed by atoms with van der Waals surface area (Å²) in [5.74, 6) is -0.345. The molecule has 1 atom stereocenters. The van der Waals surface area contributed by atoms with Crippen LogP contribution in [0.3, 0.4) is 0 Å². The van der Waals surface area contributed by atoms with Crippen LogP contribution < -0.4 is 16.6 Å². The lowest BCUT2D eigenvalue weighted by molar-refractivity contribution is 0.0941. The Hall–Kier alpha value is -4.17. The molecule has 0 radical (unpaired) electrons. The van der Waals surface area contributed by atoms with Crippen LogP contribution in [0.2, 0.25) is 5.02 Å². The Bertz CT molecular complexity index is 1670. The number of hydrogen-bond donors (Lipinski definition) is 2. The fourth-order valence-corrected chi connectivity index (χ4v) is 4.66. The van der Waals surface area contributed by atoms with Gasteiger partial charge in [0.25, 0.3) is 11.5 Å². The third-order valence-corrected chi connectivity index (χ3v) is 6.29. The van der Waals surface area contributed by atoms with E-state index in [1.165, 1.54) is 0 Å². The van der Waals surface area contributed by atoms with Crippen LogP contribution >= 0.6 is 11.6 Å². The molecule has 176 valence electrons. The second-order valence-electron chi connectivity index (χ2n) is 8.48. The molecular formula is C26H23ClN6O2. The number of para-hydroxylation sites is 1. The Balaban J connectivity index is 1.64. The van der Waals surface area contributed by atoms with Gasteiger partial charge in [-0.15, -0.1) is 5.10 Å². The number of hydrogen-bond acceptors (Lipinski definition) is 5. The van der Waals surface area contributed by atoms with E-state index in [4.69, 9.17) is 17.3 Å². The predicted molar refractivity (Wildman–Crippen MR) is 137 cm³/mol. The van der Waals surface area contributed by atoms with Crippen LogP contribution in [0.4, 0.5) is 5.82 Å². The zero-order valence-electron chi connectivity index (χ0n) is 19.4. The van der Waals surface area contributed by atoms with E-state index in [2.05, 4.69) is 15.4 Å². The lowest BCUT2D eigenvalue weighted by atomic mass is 10.1. The Morgan fingerprint density at radius 2 is 1.83 bits per heavy atom. The predicted octanol–water partition coefficient (Wildman–Crippen LogP) is 4.38. The molecule has 1 amide bonds. The molecule has 0 aliphatic heterocycles. The maximum absolute atomic E-state index is 13.6. The molecule has 0 spiro atoms. The average molecular weight is 487 g/mol. The lowest BCUT2D eigenvalue weighted by Crippen LogP contribution is -2.32. The number of fused-ring (bicyclic) bond motifs is 2. The zero-order chi connectivity index (χ0) is 24.9. The van der Waals surface area contributed by atoms with E-state index in [-0.39, 0.29) is 16.9 Å². The van der Waals surface area contributed by atoms with Crippen LogP contribution in [0.15, 0.2) is 65.5 Å². The summed E-state index contributed by atoms with van der Waals surface area (Å²) in [6, 6.07) is 17.7. The van der Waals surface area contributed by atoms with Gasteiger partial charge in [0.2, 0.25) is 0 Å². The van der Waals surface area contributed by atoms with Crippen LogP contribution in [0.5, 0.6) is 0 Å². The highest BCUT2D eigenvalue weighted by molar-refractivity contribution is 6.35. The SMILES string of the molecule is Cc1cc(C)n2nc(N)c(C(=O)NC(C)c3cc4cccc(Cl)c4c(=O)n3-c3ccccc3)c2n1. The number of nitrogens with zero attached hydrogens (tertiary/aromatic N) is 4. The van der Waals surface area contributed by atoms with Crippen molar-refractivity contribution in [1.29, 1.82) is 0 Å². The van der Waals surface area contributed by atoms with Gasteiger partial charge in [0.15, 0.2) is 11.5 Å². The third kappa shape index (κ3) is 3.81. The molecule has 1 unspecified atom stereocenters. The largest absolute Gasteiger partial charge is 0.381 e. The van der Waals surface area contributed by atoms with Crippen LogP contribution in [-0.4, -0.2) is 25.1 Å². The molecular weight excluding hydrogens is 464 g/mol. The fraction of sp³-hybridized carbons (Fsp3) is 0.154. The van der Waals surface area contributed by atoms with Crippen molar-refractivity contribution in [3.05, 3.63) is 98.7 Å². The van der Waals surface area contributed by atoms with Crippen molar-refractivity contribution in [3.63, 3.8) is 0 Å². The van der Waals surface area contributed by atoms with E-state index in [0.29, 0.717) is 32.8 Å². The molecule has 0 aliphatic carbocycles. The summed E-state index contributed by atoms with van der Waals surface area (Å²) >= 11 is 6.39. The molecule has 3 aromatic heterocycles. The average Bonchev–Trinajstić information content (AvgIpc) is 3.15. The fourth-order valence-electron chi connectivity index (χ4n) is 4.40. The number of benzene rings is 2. The number of pyridine rings is 1. The normalized spacial score (nSPS) is 12.2. The highest BCUT2D eigenvalue weighted by atomic mass is 35.5. The summed E-state index contributed by atoms with van der Waals surface area (Å²) < 4.78 is 3.13. The second-order valence-corrected chi connectivity index (χ2v) is 8.89. The van der Waals surface area contributed by atoms with Gasteiger partial charge in [0.05, 0.1) is 16.5 Å². The number of carbonyl (C=O) groups is 1. The van der Waals surface area contributed by atoms with Gasteiger partial charge in [-0.05, 0) is 56.5 Å². The van der Waals surface area contributed by atoms with Crippen molar-refractivity contribution in [1.82, 2.24) is 24.5 Å². The van der Waals surface area contributed by atoms with E-state index < -0.39 is 11.9 Å². The number of nitrogen functional groups attached to an aromatic ring is 1. The number of carbonyl (C=O) groups excluding carboxylic acids is 1. The Kier molecular flexibility index (Phi) is 5.53. The Labute approximate surface area is 206 Å². The topological polar surface area (TPSA) is 107 Å². The zero-order valence-corrected chi connectivity index (χ0v) is 20.2. The summed E-state index contributed by atoms with van der Waals surface area (Å²) in [6.45, 7) is 5.53. The highest BCUT2D eigenvalue weighted by Gasteiger charge is 2.24. The first-order valence-electron chi connectivity index (χ1n) is 11.1. The van der Waals surface area contributed by atoms with Gasteiger partial charge in [0.1, 0.15) is 5.56 Å². The molecule has 0 saturated carbocycles. The van der Waals surface area contributed by atoms with Crippen molar-refractivity contribution in [2.45, 2.75) is 26.8 Å². The van der Waals surface area contributed by atoms with E-state index in [0.717, 1.165) is 11.4 Å².